The number of hydrogen-bond donors (Lipinski definition) is 2. The van der Waals surface area contributed by atoms with Crippen molar-refractivity contribution in [2.75, 3.05) is 18.8 Å². The molecule has 0 radical (unpaired) electrons. The maximum Gasteiger partial charge on any atom is 0.234 e. The van der Waals surface area contributed by atoms with Crippen molar-refractivity contribution in [2.45, 2.75) is 18.9 Å². The van der Waals surface area contributed by atoms with Crippen molar-refractivity contribution < 1.29 is 0 Å². The number of benzene rings is 2. The first-order valence-corrected chi connectivity index (χ1v) is 8.73. The molecule has 4 aromatic rings. The number of hydrogen-bond acceptors (Lipinski definition) is 4. The average Bonchev–Trinajstić information content (AvgIpc) is 3.20. The molecule has 1 aliphatic rings. The highest BCUT2D eigenvalue weighted by atomic mass is 15.4. The van der Waals surface area contributed by atoms with Crippen LogP contribution in [0.3, 0.4) is 0 Å². The summed E-state index contributed by atoms with van der Waals surface area (Å²) in [7, 11) is 0. The van der Waals surface area contributed by atoms with E-state index >= 15 is 0 Å². The molecule has 25 heavy (non-hydrogen) atoms. The summed E-state index contributed by atoms with van der Waals surface area (Å²) in [6.07, 6.45) is 2.21. The van der Waals surface area contributed by atoms with Gasteiger partial charge in [-0.15, -0.1) is 5.10 Å². The minimum atomic E-state index is 0.446. The van der Waals surface area contributed by atoms with Gasteiger partial charge in [0.25, 0.3) is 0 Å². The first kappa shape index (κ1) is 14.5. The number of nitrogens with zero attached hydrogens (tertiary/aromatic N) is 4. The first-order valence-electron chi connectivity index (χ1n) is 8.73. The maximum atomic E-state index is 5.93. The van der Waals surface area contributed by atoms with E-state index in [1.165, 1.54) is 5.52 Å². The summed E-state index contributed by atoms with van der Waals surface area (Å²) < 4.78 is 4.33. The Bertz CT molecular complexity index is 1050. The number of aromatic nitrogens is 4. The van der Waals surface area contributed by atoms with Crippen LogP contribution in [-0.4, -0.2) is 32.3 Å². The summed E-state index contributed by atoms with van der Waals surface area (Å²) in [6, 6.07) is 16.6. The van der Waals surface area contributed by atoms with E-state index in [2.05, 4.69) is 34.1 Å². The Kier molecular flexibility index (Phi) is 3.24. The highest BCUT2D eigenvalue weighted by Gasteiger charge is 2.23. The van der Waals surface area contributed by atoms with Crippen LogP contribution >= 0.6 is 0 Å². The van der Waals surface area contributed by atoms with Gasteiger partial charge in [0.2, 0.25) is 5.78 Å². The largest absolute Gasteiger partial charge is 0.399 e. The molecule has 2 aromatic carbocycles. The Hall–Kier alpha value is -2.86. The smallest absolute Gasteiger partial charge is 0.234 e. The SMILES string of the molecule is Nc1cccc(-c2nc3n(C4CCNCC4)c4ccccc4n3n2)c1. The van der Waals surface area contributed by atoms with Crippen LogP contribution in [0.2, 0.25) is 0 Å². The molecule has 0 atom stereocenters. The second-order valence-corrected chi connectivity index (χ2v) is 6.61. The van der Waals surface area contributed by atoms with Crippen LogP contribution in [-0.2, 0) is 0 Å². The predicted octanol–water partition coefficient (Wildman–Crippen LogP) is 2.86. The Morgan fingerprint density at radius 1 is 1.00 bits per heavy atom. The van der Waals surface area contributed by atoms with Gasteiger partial charge in [-0.3, -0.25) is 0 Å². The molecule has 1 fully saturated rings. The van der Waals surface area contributed by atoms with Gasteiger partial charge in [0.05, 0.1) is 11.0 Å². The molecule has 5 rings (SSSR count). The lowest BCUT2D eigenvalue weighted by Gasteiger charge is -2.24. The number of rotatable bonds is 2. The zero-order chi connectivity index (χ0) is 16.8. The molecule has 1 aliphatic heterocycles. The normalized spacial score (nSPS) is 16.0. The third-order valence-corrected chi connectivity index (χ3v) is 4.99. The predicted molar refractivity (Wildman–Crippen MR) is 99.5 cm³/mol. The van der Waals surface area contributed by atoms with E-state index in [-0.39, 0.29) is 0 Å². The summed E-state index contributed by atoms with van der Waals surface area (Å²) >= 11 is 0. The first-order chi connectivity index (χ1) is 12.3. The molecule has 126 valence electrons. The van der Waals surface area contributed by atoms with Gasteiger partial charge in [0.15, 0.2) is 5.82 Å². The van der Waals surface area contributed by atoms with Gasteiger partial charge in [0.1, 0.15) is 0 Å². The van der Waals surface area contributed by atoms with Crippen molar-refractivity contribution in [3.05, 3.63) is 48.5 Å². The number of nitrogens with one attached hydrogen (secondary N) is 1. The van der Waals surface area contributed by atoms with Crippen LogP contribution in [0.4, 0.5) is 5.69 Å². The average molecular weight is 332 g/mol. The summed E-state index contributed by atoms with van der Waals surface area (Å²) in [4.78, 5) is 4.88. The molecule has 6 nitrogen and oxygen atoms in total. The van der Waals surface area contributed by atoms with E-state index in [0.717, 1.165) is 54.3 Å². The monoisotopic (exact) mass is 332 g/mol. The Morgan fingerprint density at radius 3 is 2.60 bits per heavy atom. The summed E-state index contributed by atoms with van der Waals surface area (Å²) in [6.45, 7) is 2.08. The van der Waals surface area contributed by atoms with Gasteiger partial charge in [-0.1, -0.05) is 24.3 Å². The van der Waals surface area contributed by atoms with Gasteiger partial charge in [-0.2, -0.15) is 9.50 Å². The molecule has 0 aliphatic carbocycles. The number of nitrogens with two attached hydrogens (primary N) is 1. The van der Waals surface area contributed by atoms with Crippen molar-refractivity contribution in [1.82, 2.24) is 24.5 Å². The van der Waals surface area contributed by atoms with E-state index < -0.39 is 0 Å². The summed E-state index contributed by atoms with van der Waals surface area (Å²) in [5, 5.41) is 8.22. The fourth-order valence-electron chi connectivity index (χ4n) is 3.80. The third kappa shape index (κ3) is 2.29. The second kappa shape index (κ2) is 5.60. The topological polar surface area (TPSA) is 73.2 Å². The fraction of sp³-hybridized carbons (Fsp3) is 0.263. The molecule has 0 unspecified atom stereocenters. The van der Waals surface area contributed by atoms with Crippen molar-refractivity contribution >= 4 is 22.5 Å². The zero-order valence-corrected chi connectivity index (χ0v) is 13.9. The lowest BCUT2D eigenvalue weighted by Crippen LogP contribution is -2.29. The second-order valence-electron chi connectivity index (χ2n) is 6.61. The molecule has 0 amide bonds. The molecule has 0 saturated carbocycles. The molecule has 3 N–H and O–H groups in total. The standard InChI is InChI=1S/C19H20N6/c20-14-5-3-4-13(12-14)18-22-19-24(15-8-10-21-11-9-15)16-6-1-2-7-17(16)25(19)23-18/h1-7,12,15,21H,8-11,20H2. The van der Waals surface area contributed by atoms with E-state index in [1.807, 2.05) is 28.8 Å². The molecule has 1 saturated heterocycles. The quantitative estimate of drug-likeness (QED) is 0.554. The van der Waals surface area contributed by atoms with Gasteiger partial charge >= 0.3 is 0 Å². The van der Waals surface area contributed by atoms with E-state index in [9.17, 15) is 0 Å². The van der Waals surface area contributed by atoms with Crippen LogP contribution in [0.1, 0.15) is 18.9 Å². The van der Waals surface area contributed by atoms with Crippen LogP contribution in [0, 0.1) is 0 Å². The molecule has 2 aromatic heterocycles. The minimum absolute atomic E-state index is 0.446. The van der Waals surface area contributed by atoms with Crippen LogP contribution < -0.4 is 11.1 Å². The van der Waals surface area contributed by atoms with E-state index in [0.29, 0.717) is 6.04 Å². The van der Waals surface area contributed by atoms with Gasteiger partial charge in [-0.25, -0.2) is 0 Å². The highest BCUT2D eigenvalue weighted by Crippen LogP contribution is 2.30. The Morgan fingerprint density at radius 2 is 1.80 bits per heavy atom. The van der Waals surface area contributed by atoms with Gasteiger partial charge < -0.3 is 15.6 Å². The van der Waals surface area contributed by atoms with Crippen LogP contribution in [0.25, 0.3) is 28.2 Å². The Balaban J connectivity index is 1.75. The lowest BCUT2D eigenvalue weighted by molar-refractivity contribution is 0.380. The number of para-hydroxylation sites is 2. The van der Waals surface area contributed by atoms with Gasteiger partial charge in [0, 0.05) is 17.3 Å². The van der Waals surface area contributed by atoms with Crippen LogP contribution in [0.15, 0.2) is 48.5 Å². The number of fused-ring (bicyclic) bond motifs is 3. The summed E-state index contributed by atoms with van der Waals surface area (Å²) in [5.74, 6) is 1.63. The third-order valence-electron chi connectivity index (χ3n) is 4.99. The van der Waals surface area contributed by atoms with E-state index in [1.54, 1.807) is 0 Å². The summed E-state index contributed by atoms with van der Waals surface area (Å²) in [5.41, 5.74) is 9.90. The fourth-order valence-corrected chi connectivity index (χ4v) is 3.80. The molecular weight excluding hydrogens is 312 g/mol. The van der Waals surface area contributed by atoms with Gasteiger partial charge in [-0.05, 0) is 50.2 Å². The zero-order valence-electron chi connectivity index (χ0n) is 13.9. The highest BCUT2D eigenvalue weighted by molar-refractivity contribution is 5.81. The molecule has 0 spiro atoms. The number of nitrogen functional groups attached to an aromatic ring is 1. The van der Waals surface area contributed by atoms with Crippen LogP contribution in [0.5, 0.6) is 0 Å². The number of anilines is 1. The molecular formula is C19H20N6. The van der Waals surface area contributed by atoms with Crippen molar-refractivity contribution in [3.63, 3.8) is 0 Å². The lowest BCUT2D eigenvalue weighted by atomic mass is 10.1. The van der Waals surface area contributed by atoms with Crippen molar-refractivity contribution in [3.8, 4) is 11.4 Å². The maximum absolute atomic E-state index is 5.93. The number of piperidine rings is 1. The Labute approximate surface area is 145 Å². The van der Waals surface area contributed by atoms with Crippen molar-refractivity contribution in [1.29, 1.82) is 0 Å². The van der Waals surface area contributed by atoms with E-state index in [4.69, 9.17) is 15.8 Å². The molecule has 3 heterocycles. The number of imidazole rings is 1. The molecule has 6 heteroatoms. The molecule has 0 bridgehead atoms. The minimum Gasteiger partial charge on any atom is -0.399 e. The van der Waals surface area contributed by atoms with Crippen molar-refractivity contribution in [2.24, 2.45) is 0 Å².